The Labute approximate surface area is 138 Å². The number of nitrogens with two attached hydrogens (primary N) is 1. The van der Waals surface area contributed by atoms with E-state index in [0.29, 0.717) is 11.6 Å². The molecule has 0 atom stereocenters. The van der Waals surface area contributed by atoms with Crippen LogP contribution in [0.2, 0.25) is 0 Å². The molecule has 1 amide bonds. The Balaban J connectivity index is 0.00000176. The Morgan fingerprint density at radius 3 is 2.91 bits per heavy atom. The van der Waals surface area contributed by atoms with Crippen LogP contribution >= 0.6 is 23.7 Å². The van der Waals surface area contributed by atoms with Crippen LogP contribution in [0.1, 0.15) is 23.4 Å². The topological polar surface area (TPSA) is 90.1 Å². The highest BCUT2D eigenvalue weighted by Crippen LogP contribution is 2.33. The number of aromatic nitrogens is 2. The number of rotatable bonds is 5. The van der Waals surface area contributed by atoms with Crippen molar-refractivity contribution in [3.63, 3.8) is 0 Å². The van der Waals surface area contributed by atoms with E-state index >= 15 is 0 Å². The van der Waals surface area contributed by atoms with Crippen LogP contribution in [0.5, 0.6) is 5.75 Å². The fraction of sp³-hybridized carbons (Fsp3) is 0.357. The van der Waals surface area contributed by atoms with Crippen molar-refractivity contribution in [2.45, 2.75) is 24.8 Å². The molecule has 3 rings (SSSR count). The lowest BCUT2D eigenvalue weighted by Gasteiger charge is -2.06. The number of amides is 1. The van der Waals surface area contributed by atoms with E-state index in [0.717, 1.165) is 29.2 Å². The lowest BCUT2D eigenvalue weighted by atomic mass is 10.1. The van der Waals surface area contributed by atoms with E-state index in [1.54, 1.807) is 7.11 Å². The number of carbonyl (C=O) groups is 1. The molecule has 1 aliphatic carbocycles. The molecule has 1 saturated carbocycles. The summed E-state index contributed by atoms with van der Waals surface area (Å²) in [4.78, 5) is 11.8. The van der Waals surface area contributed by atoms with Gasteiger partial charge in [0, 0.05) is 6.42 Å². The maximum Gasteiger partial charge on any atom is 0.246 e. The first-order chi connectivity index (χ1) is 10.1. The zero-order chi connectivity index (χ0) is 14.9. The molecule has 1 fully saturated rings. The number of hydrogen-bond acceptors (Lipinski definition) is 6. The van der Waals surface area contributed by atoms with E-state index < -0.39 is 5.54 Å². The molecule has 8 heteroatoms. The van der Waals surface area contributed by atoms with Gasteiger partial charge in [-0.1, -0.05) is 23.5 Å². The van der Waals surface area contributed by atoms with E-state index in [9.17, 15) is 4.79 Å². The van der Waals surface area contributed by atoms with Crippen molar-refractivity contribution in [2.75, 3.05) is 12.4 Å². The first-order valence-electron chi connectivity index (χ1n) is 6.65. The quantitative estimate of drug-likeness (QED) is 0.868. The standard InChI is InChI=1S/C14H16N4O2S.ClH/c1-20-10-4-2-3-9(7-10)8-11-17-18-13(21-11)16-12(19)14(15)5-6-14;/h2-4,7H,5-6,8,15H2,1H3,(H,16,18,19);1H. The SMILES string of the molecule is COc1cccc(Cc2nnc(NC(=O)C3(N)CC3)s2)c1.Cl. The molecular formula is C14H17ClN4O2S. The molecule has 1 aliphatic rings. The fourth-order valence-electron chi connectivity index (χ4n) is 1.92. The highest BCUT2D eigenvalue weighted by molar-refractivity contribution is 7.15. The summed E-state index contributed by atoms with van der Waals surface area (Å²) in [5.74, 6) is 0.635. The summed E-state index contributed by atoms with van der Waals surface area (Å²) in [6, 6.07) is 7.79. The van der Waals surface area contributed by atoms with E-state index in [4.69, 9.17) is 10.5 Å². The van der Waals surface area contributed by atoms with Crippen molar-refractivity contribution in [3.8, 4) is 5.75 Å². The van der Waals surface area contributed by atoms with Crippen LogP contribution in [0.4, 0.5) is 5.13 Å². The summed E-state index contributed by atoms with van der Waals surface area (Å²) in [5, 5.41) is 12.1. The Morgan fingerprint density at radius 2 is 2.23 bits per heavy atom. The number of halogens is 1. The second kappa shape index (κ2) is 6.60. The molecule has 1 aromatic heterocycles. The van der Waals surface area contributed by atoms with Gasteiger partial charge in [-0.25, -0.2) is 0 Å². The number of carbonyl (C=O) groups excluding carboxylic acids is 1. The van der Waals surface area contributed by atoms with Gasteiger partial charge in [0.15, 0.2) is 0 Å². The van der Waals surface area contributed by atoms with Gasteiger partial charge in [-0.2, -0.15) is 0 Å². The molecule has 0 unspecified atom stereocenters. The summed E-state index contributed by atoms with van der Waals surface area (Å²) in [6.45, 7) is 0. The predicted octanol–water partition coefficient (Wildman–Crippen LogP) is 1.99. The second-order valence-electron chi connectivity index (χ2n) is 5.14. The maximum absolute atomic E-state index is 11.8. The van der Waals surface area contributed by atoms with Gasteiger partial charge >= 0.3 is 0 Å². The molecule has 0 spiro atoms. The van der Waals surface area contributed by atoms with Gasteiger partial charge in [-0.05, 0) is 30.5 Å². The maximum atomic E-state index is 11.8. The smallest absolute Gasteiger partial charge is 0.246 e. The number of methoxy groups -OCH3 is 1. The number of ether oxygens (including phenoxy) is 1. The summed E-state index contributed by atoms with van der Waals surface area (Å²) >= 11 is 1.36. The molecule has 0 radical (unpaired) electrons. The summed E-state index contributed by atoms with van der Waals surface area (Å²) in [7, 11) is 1.64. The number of anilines is 1. The van der Waals surface area contributed by atoms with Crippen LogP contribution in [0.3, 0.4) is 0 Å². The number of nitrogens with zero attached hydrogens (tertiary/aromatic N) is 2. The average molecular weight is 341 g/mol. The Bertz CT molecular complexity index is 672. The lowest BCUT2D eigenvalue weighted by molar-refractivity contribution is -0.118. The second-order valence-corrected chi connectivity index (χ2v) is 6.20. The van der Waals surface area contributed by atoms with Crippen molar-refractivity contribution < 1.29 is 9.53 Å². The molecule has 22 heavy (non-hydrogen) atoms. The zero-order valence-corrected chi connectivity index (χ0v) is 13.7. The van der Waals surface area contributed by atoms with Crippen LogP contribution in [-0.2, 0) is 11.2 Å². The number of hydrogen-bond donors (Lipinski definition) is 2. The Hall–Kier alpha value is -1.70. The summed E-state index contributed by atoms with van der Waals surface area (Å²) in [5.41, 5.74) is 6.22. The van der Waals surface area contributed by atoms with Crippen LogP contribution in [-0.4, -0.2) is 28.8 Å². The minimum absolute atomic E-state index is 0. The van der Waals surface area contributed by atoms with Gasteiger partial charge < -0.3 is 10.5 Å². The van der Waals surface area contributed by atoms with Crippen LogP contribution < -0.4 is 15.8 Å². The predicted molar refractivity (Wildman–Crippen MR) is 87.7 cm³/mol. The third-order valence-electron chi connectivity index (χ3n) is 3.42. The van der Waals surface area contributed by atoms with Gasteiger partial charge in [0.2, 0.25) is 11.0 Å². The molecule has 6 nitrogen and oxygen atoms in total. The first kappa shape index (κ1) is 16.7. The molecular weight excluding hydrogens is 324 g/mol. The van der Waals surface area contributed by atoms with Crippen molar-refractivity contribution in [1.82, 2.24) is 10.2 Å². The highest BCUT2D eigenvalue weighted by Gasteiger charge is 2.46. The zero-order valence-electron chi connectivity index (χ0n) is 12.0. The summed E-state index contributed by atoms with van der Waals surface area (Å²) < 4.78 is 5.19. The van der Waals surface area contributed by atoms with Crippen molar-refractivity contribution >= 4 is 34.8 Å². The fourth-order valence-corrected chi connectivity index (χ4v) is 2.68. The van der Waals surface area contributed by atoms with Gasteiger partial charge in [0.05, 0.1) is 12.6 Å². The lowest BCUT2D eigenvalue weighted by Crippen LogP contribution is -2.37. The first-order valence-corrected chi connectivity index (χ1v) is 7.46. The Morgan fingerprint density at radius 1 is 1.45 bits per heavy atom. The molecule has 1 heterocycles. The molecule has 0 saturated heterocycles. The monoisotopic (exact) mass is 340 g/mol. The normalized spacial score (nSPS) is 14.8. The Kier molecular flexibility index (Phi) is 5.00. The highest BCUT2D eigenvalue weighted by atomic mass is 35.5. The number of nitrogens with one attached hydrogen (secondary N) is 1. The minimum Gasteiger partial charge on any atom is -0.497 e. The molecule has 1 aromatic carbocycles. The van der Waals surface area contributed by atoms with Gasteiger partial charge in [-0.3, -0.25) is 10.1 Å². The molecule has 118 valence electrons. The largest absolute Gasteiger partial charge is 0.497 e. The van der Waals surface area contributed by atoms with E-state index in [2.05, 4.69) is 15.5 Å². The molecule has 0 bridgehead atoms. The molecule has 3 N–H and O–H groups in total. The van der Waals surface area contributed by atoms with Gasteiger partial charge in [-0.15, -0.1) is 22.6 Å². The van der Waals surface area contributed by atoms with Gasteiger partial charge in [0.25, 0.3) is 0 Å². The minimum atomic E-state index is -0.696. The van der Waals surface area contributed by atoms with Crippen LogP contribution in [0.25, 0.3) is 0 Å². The third-order valence-corrected chi connectivity index (χ3v) is 4.26. The van der Waals surface area contributed by atoms with Crippen LogP contribution in [0, 0.1) is 0 Å². The van der Waals surface area contributed by atoms with Crippen molar-refractivity contribution in [3.05, 3.63) is 34.8 Å². The van der Waals surface area contributed by atoms with Gasteiger partial charge in [0.1, 0.15) is 10.8 Å². The van der Waals surface area contributed by atoms with E-state index in [-0.39, 0.29) is 18.3 Å². The number of benzene rings is 1. The van der Waals surface area contributed by atoms with Crippen LogP contribution in [0.15, 0.2) is 24.3 Å². The molecule has 2 aromatic rings. The van der Waals surface area contributed by atoms with Crippen molar-refractivity contribution in [1.29, 1.82) is 0 Å². The third kappa shape index (κ3) is 3.73. The molecule has 0 aliphatic heterocycles. The average Bonchev–Trinajstić information content (AvgIpc) is 3.09. The van der Waals surface area contributed by atoms with E-state index in [1.165, 1.54) is 11.3 Å². The van der Waals surface area contributed by atoms with Crippen molar-refractivity contribution in [2.24, 2.45) is 5.73 Å². The van der Waals surface area contributed by atoms with E-state index in [1.807, 2.05) is 24.3 Å². The summed E-state index contributed by atoms with van der Waals surface area (Å²) in [6.07, 6.45) is 2.11.